The number of carbonyl (C=O) groups excluding carboxylic acids is 2. The average Bonchev–Trinajstić information content (AvgIpc) is 3.18. The molecule has 1 amide bonds. The maximum atomic E-state index is 12.0. The number of ether oxygens (including phenoxy) is 1. The van der Waals surface area contributed by atoms with Crippen molar-refractivity contribution >= 4 is 21.9 Å². The summed E-state index contributed by atoms with van der Waals surface area (Å²) >= 11 is 0. The third-order valence-electron chi connectivity index (χ3n) is 3.30. The van der Waals surface area contributed by atoms with Gasteiger partial charge in [-0.2, -0.15) is 5.26 Å². The van der Waals surface area contributed by atoms with Crippen molar-refractivity contribution in [1.29, 1.82) is 5.26 Å². The van der Waals surface area contributed by atoms with Crippen LogP contribution in [0.2, 0.25) is 0 Å². The van der Waals surface area contributed by atoms with Gasteiger partial charge in [-0.3, -0.25) is 4.79 Å². The number of esters is 1. The summed E-state index contributed by atoms with van der Waals surface area (Å²) in [6.07, 6.45) is 1.52. The fourth-order valence-electron chi connectivity index (χ4n) is 1.96. The van der Waals surface area contributed by atoms with Gasteiger partial charge in [-0.1, -0.05) is 0 Å². The molecule has 0 saturated carbocycles. The second-order valence-electron chi connectivity index (χ2n) is 5.26. The zero-order valence-electron chi connectivity index (χ0n) is 14.2. The topological polar surface area (TPSA) is 138 Å². The van der Waals surface area contributed by atoms with E-state index in [1.54, 1.807) is 12.1 Å². The van der Waals surface area contributed by atoms with Gasteiger partial charge in [0.2, 0.25) is 10.0 Å². The van der Waals surface area contributed by atoms with Crippen molar-refractivity contribution < 1.29 is 27.2 Å². The fourth-order valence-corrected chi connectivity index (χ4v) is 2.99. The smallest absolute Gasteiger partial charge is 0.338 e. The lowest BCUT2D eigenvalue weighted by atomic mass is 10.2. The van der Waals surface area contributed by atoms with Crippen LogP contribution in [0.25, 0.3) is 0 Å². The molecule has 0 aliphatic carbocycles. The highest BCUT2D eigenvalue weighted by Crippen LogP contribution is 2.11. The highest BCUT2D eigenvalue weighted by atomic mass is 32.2. The molecule has 9 nitrogen and oxygen atoms in total. The number of hydrogen-bond acceptors (Lipinski definition) is 7. The Morgan fingerprint density at radius 2 is 1.93 bits per heavy atom. The Morgan fingerprint density at radius 3 is 2.56 bits per heavy atom. The Labute approximate surface area is 156 Å². The SMILES string of the molecule is N#CCCNS(=O)(=O)c1ccc(C(=O)OCC(=O)NCc2ccco2)cc1. The van der Waals surface area contributed by atoms with E-state index in [0.29, 0.717) is 5.76 Å². The summed E-state index contributed by atoms with van der Waals surface area (Å²) < 4.78 is 36.2. The van der Waals surface area contributed by atoms with Gasteiger partial charge in [0.15, 0.2) is 6.61 Å². The number of rotatable bonds is 9. The summed E-state index contributed by atoms with van der Waals surface area (Å²) in [6, 6.07) is 10.2. The number of nitriles is 1. The summed E-state index contributed by atoms with van der Waals surface area (Å²) in [6.45, 7) is -0.306. The fraction of sp³-hybridized carbons (Fsp3) is 0.235. The summed E-state index contributed by atoms with van der Waals surface area (Å²) in [5, 5.41) is 11.0. The van der Waals surface area contributed by atoms with Crippen LogP contribution in [-0.2, 0) is 26.1 Å². The van der Waals surface area contributed by atoms with Crippen LogP contribution in [0.3, 0.4) is 0 Å². The van der Waals surface area contributed by atoms with Crippen LogP contribution in [-0.4, -0.2) is 33.4 Å². The molecule has 0 fully saturated rings. The van der Waals surface area contributed by atoms with Gasteiger partial charge < -0.3 is 14.5 Å². The minimum atomic E-state index is -3.76. The van der Waals surface area contributed by atoms with Crippen LogP contribution in [0.15, 0.2) is 52.0 Å². The molecule has 142 valence electrons. The average molecular weight is 391 g/mol. The molecule has 0 aliphatic rings. The molecule has 27 heavy (non-hydrogen) atoms. The number of furan rings is 1. The Hall–Kier alpha value is -3.16. The Bertz CT molecular complexity index is 915. The molecule has 0 radical (unpaired) electrons. The predicted molar refractivity (Wildman–Crippen MR) is 92.7 cm³/mol. The Balaban J connectivity index is 1.84. The van der Waals surface area contributed by atoms with Gasteiger partial charge >= 0.3 is 5.97 Å². The first-order valence-corrected chi connectivity index (χ1v) is 9.33. The van der Waals surface area contributed by atoms with Gasteiger partial charge in [-0.15, -0.1) is 0 Å². The summed E-state index contributed by atoms with van der Waals surface area (Å²) in [4.78, 5) is 23.5. The van der Waals surface area contributed by atoms with E-state index >= 15 is 0 Å². The normalized spacial score (nSPS) is 10.8. The Kier molecular flexibility index (Phi) is 7.10. The molecule has 1 aromatic heterocycles. The molecule has 0 atom stereocenters. The molecule has 0 spiro atoms. The van der Waals surface area contributed by atoms with Gasteiger partial charge in [0.05, 0.1) is 29.3 Å². The molecule has 1 heterocycles. The predicted octanol–water partition coefficient (Wildman–Crippen LogP) is 0.945. The minimum Gasteiger partial charge on any atom is -0.467 e. The van der Waals surface area contributed by atoms with Crippen LogP contribution >= 0.6 is 0 Å². The van der Waals surface area contributed by atoms with Crippen molar-refractivity contribution in [3.63, 3.8) is 0 Å². The maximum Gasteiger partial charge on any atom is 0.338 e. The molecule has 10 heteroatoms. The van der Waals surface area contributed by atoms with Crippen LogP contribution < -0.4 is 10.0 Å². The molecule has 2 aromatic rings. The standard InChI is InChI=1S/C17H17N3O6S/c18-8-2-9-20-27(23,24)15-6-4-13(5-7-15)17(22)26-12-16(21)19-11-14-3-1-10-25-14/h1,3-7,10,20H,2,9,11-12H2,(H,19,21). The highest BCUT2D eigenvalue weighted by Gasteiger charge is 2.15. The number of nitrogens with one attached hydrogen (secondary N) is 2. The molecule has 2 N–H and O–H groups in total. The zero-order valence-corrected chi connectivity index (χ0v) is 15.0. The van der Waals surface area contributed by atoms with Crippen LogP contribution in [0.5, 0.6) is 0 Å². The van der Waals surface area contributed by atoms with Crippen LogP contribution in [0.4, 0.5) is 0 Å². The van der Waals surface area contributed by atoms with E-state index in [0.717, 1.165) is 0 Å². The second kappa shape index (κ2) is 9.51. The van der Waals surface area contributed by atoms with Crippen LogP contribution in [0.1, 0.15) is 22.5 Å². The number of benzene rings is 1. The number of nitrogens with zero attached hydrogens (tertiary/aromatic N) is 1. The largest absolute Gasteiger partial charge is 0.467 e. The molecule has 0 aliphatic heterocycles. The first-order valence-electron chi connectivity index (χ1n) is 7.85. The van der Waals surface area contributed by atoms with Crippen molar-refractivity contribution in [2.24, 2.45) is 0 Å². The van der Waals surface area contributed by atoms with E-state index in [2.05, 4.69) is 10.0 Å². The first-order chi connectivity index (χ1) is 12.9. The van der Waals surface area contributed by atoms with Crippen molar-refractivity contribution in [2.45, 2.75) is 17.9 Å². The molecular weight excluding hydrogens is 374 g/mol. The van der Waals surface area contributed by atoms with E-state index < -0.39 is 28.5 Å². The highest BCUT2D eigenvalue weighted by molar-refractivity contribution is 7.89. The summed E-state index contributed by atoms with van der Waals surface area (Å²) in [7, 11) is -3.76. The third kappa shape index (κ3) is 6.25. The van der Waals surface area contributed by atoms with Gasteiger partial charge in [0, 0.05) is 13.0 Å². The molecule has 0 saturated heterocycles. The van der Waals surface area contributed by atoms with Crippen LogP contribution in [0, 0.1) is 11.3 Å². The zero-order chi connectivity index (χ0) is 19.7. The molecule has 0 unspecified atom stereocenters. The van der Waals surface area contributed by atoms with Gasteiger partial charge in [-0.05, 0) is 36.4 Å². The molecule has 2 rings (SSSR count). The van der Waals surface area contributed by atoms with E-state index in [4.69, 9.17) is 14.4 Å². The lowest BCUT2D eigenvalue weighted by molar-refractivity contribution is -0.124. The molecular formula is C17H17N3O6S. The lowest BCUT2D eigenvalue weighted by Crippen LogP contribution is -2.28. The lowest BCUT2D eigenvalue weighted by Gasteiger charge is -2.07. The second-order valence-corrected chi connectivity index (χ2v) is 7.03. The number of carbonyl (C=O) groups is 2. The van der Waals surface area contributed by atoms with Gasteiger partial charge in [-0.25, -0.2) is 17.9 Å². The van der Waals surface area contributed by atoms with E-state index in [-0.39, 0.29) is 30.0 Å². The minimum absolute atomic E-state index is 0.00422. The number of sulfonamides is 1. The van der Waals surface area contributed by atoms with E-state index in [9.17, 15) is 18.0 Å². The number of hydrogen-bond donors (Lipinski definition) is 2. The first kappa shape index (κ1) is 20.2. The number of amides is 1. The summed E-state index contributed by atoms with van der Waals surface area (Å²) in [5.74, 6) is -0.694. The van der Waals surface area contributed by atoms with E-state index in [1.807, 2.05) is 6.07 Å². The quantitative estimate of drug-likeness (QED) is 0.479. The monoisotopic (exact) mass is 391 g/mol. The molecule has 0 bridgehead atoms. The van der Waals surface area contributed by atoms with E-state index in [1.165, 1.54) is 30.5 Å². The van der Waals surface area contributed by atoms with Crippen molar-refractivity contribution in [3.8, 4) is 6.07 Å². The van der Waals surface area contributed by atoms with Crippen molar-refractivity contribution in [2.75, 3.05) is 13.2 Å². The summed E-state index contributed by atoms with van der Waals surface area (Å²) in [5.41, 5.74) is 0.102. The molecule has 1 aromatic carbocycles. The third-order valence-corrected chi connectivity index (χ3v) is 4.78. The Morgan fingerprint density at radius 1 is 1.19 bits per heavy atom. The van der Waals surface area contributed by atoms with Crippen molar-refractivity contribution in [1.82, 2.24) is 10.0 Å². The van der Waals surface area contributed by atoms with Gasteiger partial charge in [0.25, 0.3) is 5.91 Å². The van der Waals surface area contributed by atoms with Crippen molar-refractivity contribution in [3.05, 3.63) is 54.0 Å². The van der Waals surface area contributed by atoms with Gasteiger partial charge in [0.1, 0.15) is 5.76 Å². The maximum absolute atomic E-state index is 12.0.